The number of carbonyl (C=O) groups is 1. The molecule has 2 aromatic carbocycles. The van der Waals surface area contributed by atoms with Crippen LogP contribution in [-0.4, -0.2) is 48.4 Å². The van der Waals surface area contributed by atoms with Gasteiger partial charge in [0, 0.05) is 38.4 Å². The Morgan fingerprint density at radius 1 is 0.966 bits per heavy atom. The number of nitrogens with zero attached hydrogens (tertiary/aromatic N) is 2. The normalized spacial score (nSPS) is 16.0. The first-order chi connectivity index (χ1) is 13.8. The van der Waals surface area contributed by atoms with Crippen molar-refractivity contribution in [3.05, 3.63) is 65.2 Å². The number of aryl methyl sites for hydroxylation is 1. The molecule has 1 saturated heterocycles. The minimum absolute atomic E-state index is 0.0513. The lowest BCUT2D eigenvalue weighted by atomic mass is 10.1. The highest BCUT2D eigenvalue weighted by atomic mass is 19.4. The second-order valence-electron chi connectivity index (χ2n) is 7.35. The summed E-state index contributed by atoms with van der Waals surface area (Å²) in [6, 6.07) is 13.3. The number of anilines is 1. The fraction of sp³-hybridized carbons (Fsp3) is 0.409. The molecule has 1 aliphatic rings. The highest BCUT2D eigenvalue weighted by Gasteiger charge is 2.30. The molecule has 0 aromatic heterocycles. The highest BCUT2D eigenvalue weighted by Crippen LogP contribution is 2.29. The minimum Gasteiger partial charge on any atom is -0.325 e. The lowest BCUT2D eigenvalue weighted by Gasteiger charge is -2.34. The zero-order valence-corrected chi connectivity index (χ0v) is 16.5. The van der Waals surface area contributed by atoms with Gasteiger partial charge in [-0.15, -0.1) is 0 Å². The molecule has 0 saturated carbocycles. The molecule has 3 rings (SSSR count). The predicted molar refractivity (Wildman–Crippen MR) is 108 cm³/mol. The summed E-state index contributed by atoms with van der Waals surface area (Å²) in [6.45, 7) is 5.72. The van der Waals surface area contributed by atoms with Crippen LogP contribution in [0.5, 0.6) is 0 Å². The van der Waals surface area contributed by atoms with Gasteiger partial charge in [-0.05, 0) is 35.7 Å². The summed E-state index contributed by atoms with van der Waals surface area (Å²) < 4.78 is 38.6. The maximum absolute atomic E-state index is 12.9. The zero-order valence-electron chi connectivity index (χ0n) is 16.5. The fourth-order valence-electron chi connectivity index (χ4n) is 3.48. The lowest BCUT2D eigenvalue weighted by molar-refractivity contribution is -0.137. The largest absolute Gasteiger partial charge is 0.416 e. The van der Waals surface area contributed by atoms with Crippen LogP contribution in [0.1, 0.15) is 23.6 Å². The number of halogens is 3. The van der Waals surface area contributed by atoms with Gasteiger partial charge in [0.25, 0.3) is 0 Å². The summed E-state index contributed by atoms with van der Waals surface area (Å²) in [4.78, 5) is 16.5. The van der Waals surface area contributed by atoms with E-state index < -0.39 is 11.7 Å². The summed E-state index contributed by atoms with van der Waals surface area (Å²) >= 11 is 0. The van der Waals surface area contributed by atoms with Crippen molar-refractivity contribution in [2.75, 3.05) is 38.0 Å². The van der Waals surface area contributed by atoms with Gasteiger partial charge >= 0.3 is 6.18 Å². The van der Waals surface area contributed by atoms with E-state index in [4.69, 9.17) is 0 Å². The average molecular weight is 405 g/mol. The van der Waals surface area contributed by atoms with Crippen LogP contribution < -0.4 is 5.32 Å². The topological polar surface area (TPSA) is 35.6 Å². The molecule has 1 amide bonds. The molecule has 156 valence electrons. The third-order valence-corrected chi connectivity index (χ3v) is 5.11. The van der Waals surface area contributed by atoms with Crippen molar-refractivity contribution < 1.29 is 18.0 Å². The lowest BCUT2D eigenvalue weighted by Crippen LogP contribution is -2.48. The number of hydrogen-bond acceptors (Lipinski definition) is 3. The van der Waals surface area contributed by atoms with Crippen LogP contribution in [0.2, 0.25) is 0 Å². The van der Waals surface area contributed by atoms with Crippen molar-refractivity contribution in [2.45, 2.75) is 26.1 Å². The number of piperazine rings is 1. The summed E-state index contributed by atoms with van der Waals surface area (Å²) in [5.41, 5.74) is 2.02. The van der Waals surface area contributed by atoms with Crippen LogP contribution >= 0.6 is 0 Å². The van der Waals surface area contributed by atoms with Gasteiger partial charge in [0.05, 0.1) is 12.1 Å². The Bertz CT molecular complexity index is 830. The van der Waals surface area contributed by atoms with Gasteiger partial charge in [0.1, 0.15) is 0 Å². The van der Waals surface area contributed by atoms with Crippen molar-refractivity contribution in [1.29, 1.82) is 0 Å². The van der Waals surface area contributed by atoms with Crippen LogP contribution in [0.15, 0.2) is 48.5 Å². The van der Waals surface area contributed by atoms with Crippen LogP contribution in [0.4, 0.5) is 18.9 Å². The van der Waals surface area contributed by atoms with Crippen LogP contribution in [-0.2, 0) is 23.9 Å². The van der Waals surface area contributed by atoms with E-state index in [-0.39, 0.29) is 5.91 Å². The number of benzene rings is 2. The molecule has 0 spiro atoms. The van der Waals surface area contributed by atoms with E-state index >= 15 is 0 Å². The van der Waals surface area contributed by atoms with Crippen LogP contribution in [0.3, 0.4) is 0 Å². The number of carbonyl (C=O) groups excluding carboxylic acids is 1. The van der Waals surface area contributed by atoms with Crippen molar-refractivity contribution in [3.8, 4) is 0 Å². The molecule has 1 fully saturated rings. The molecule has 1 heterocycles. The molecular weight excluding hydrogens is 379 g/mol. The van der Waals surface area contributed by atoms with Gasteiger partial charge in [-0.3, -0.25) is 14.6 Å². The van der Waals surface area contributed by atoms with E-state index in [1.807, 2.05) is 24.3 Å². The Morgan fingerprint density at radius 2 is 1.62 bits per heavy atom. The molecule has 0 unspecified atom stereocenters. The zero-order chi connectivity index (χ0) is 20.9. The Balaban J connectivity index is 1.46. The summed E-state index contributed by atoms with van der Waals surface area (Å²) in [5, 5.41) is 2.93. The van der Waals surface area contributed by atoms with Crippen LogP contribution in [0, 0.1) is 0 Å². The second kappa shape index (κ2) is 9.41. The predicted octanol–water partition coefficient (Wildman–Crippen LogP) is 4.02. The Kier molecular flexibility index (Phi) is 6.92. The molecule has 0 radical (unpaired) electrons. The Labute approximate surface area is 169 Å². The number of rotatable bonds is 6. The van der Waals surface area contributed by atoms with Gasteiger partial charge < -0.3 is 5.32 Å². The quantitative estimate of drug-likeness (QED) is 0.789. The van der Waals surface area contributed by atoms with Gasteiger partial charge in [0.2, 0.25) is 5.91 Å². The third-order valence-electron chi connectivity index (χ3n) is 5.11. The van der Waals surface area contributed by atoms with Gasteiger partial charge in [0.15, 0.2) is 0 Å². The molecule has 0 aliphatic carbocycles. The van der Waals surface area contributed by atoms with Crippen molar-refractivity contribution >= 4 is 11.6 Å². The highest BCUT2D eigenvalue weighted by molar-refractivity contribution is 5.92. The molecule has 1 N–H and O–H groups in total. The Hall–Kier alpha value is -2.38. The molecule has 1 aliphatic heterocycles. The van der Waals surface area contributed by atoms with Gasteiger partial charge in [-0.1, -0.05) is 37.3 Å². The standard InChI is InChI=1S/C22H26F3N3O/c1-2-17-5-4-8-20(14-17)26-21(29)16-28-11-9-27(10-12-28)15-18-6-3-7-19(13-18)22(23,24)25/h3-8,13-14H,2,9-12,15-16H2,1H3,(H,26,29). The van der Waals surface area contributed by atoms with Crippen molar-refractivity contribution in [3.63, 3.8) is 0 Å². The number of alkyl halides is 3. The maximum Gasteiger partial charge on any atom is 0.416 e. The van der Waals surface area contributed by atoms with E-state index in [1.54, 1.807) is 6.07 Å². The van der Waals surface area contributed by atoms with E-state index in [0.717, 1.165) is 31.3 Å². The first-order valence-corrected chi connectivity index (χ1v) is 9.83. The average Bonchev–Trinajstić information content (AvgIpc) is 2.69. The van der Waals surface area contributed by atoms with Gasteiger partial charge in [-0.25, -0.2) is 0 Å². The Morgan fingerprint density at radius 3 is 2.31 bits per heavy atom. The molecule has 0 bridgehead atoms. The summed E-state index contributed by atoms with van der Waals surface area (Å²) in [6.07, 6.45) is -3.41. The van der Waals surface area contributed by atoms with E-state index in [1.165, 1.54) is 17.7 Å². The number of nitrogens with one attached hydrogen (secondary N) is 1. The SMILES string of the molecule is CCc1cccc(NC(=O)CN2CCN(Cc3cccc(C(F)(F)F)c3)CC2)c1. The summed E-state index contributed by atoms with van der Waals surface area (Å²) in [5.74, 6) is -0.0513. The molecule has 29 heavy (non-hydrogen) atoms. The fourth-order valence-corrected chi connectivity index (χ4v) is 3.48. The first-order valence-electron chi connectivity index (χ1n) is 9.83. The van der Waals surface area contributed by atoms with Crippen molar-refractivity contribution in [1.82, 2.24) is 9.80 Å². The van der Waals surface area contributed by atoms with E-state index in [2.05, 4.69) is 22.0 Å². The monoisotopic (exact) mass is 405 g/mol. The second-order valence-corrected chi connectivity index (χ2v) is 7.35. The van der Waals surface area contributed by atoms with E-state index in [9.17, 15) is 18.0 Å². The summed E-state index contributed by atoms with van der Waals surface area (Å²) in [7, 11) is 0. The maximum atomic E-state index is 12.9. The molecule has 4 nitrogen and oxygen atoms in total. The van der Waals surface area contributed by atoms with Crippen LogP contribution in [0.25, 0.3) is 0 Å². The smallest absolute Gasteiger partial charge is 0.325 e. The minimum atomic E-state index is -4.32. The molecule has 2 aromatic rings. The molecule has 7 heteroatoms. The van der Waals surface area contributed by atoms with Crippen molar-refractivity contribution in [2.24, 2.45) is 0 Å². The third kappa shape index (κ3) is 6.30. The first kappa shape index (κ1) is 21.3. The molecular formula is C22H26F3N3O. The molecule has 0 atom stereocenters. The van der Waals surface area contributed by atoms with Gasteiger partial charge in [-0.2, -0.15) is 13.2 Å². The number of amides is 1. The number of hydrogen-bond donors (Lipinski definition) is 1. The van der Waals surface area contributed by atoms with E-state index in [0.29, 0.717) is 31.7 Å².